The molecule has 0 radical (unpaired) electrons. The number of aliphatic hydroxyl groups excluding tert-OH is 1. The molecule has 1 atom stereocenters. The van der Waals surface area contributed by atoms with Gasteiger partial charge in [0.2, 0.25) is 0 Å². The third-order valence-electron chi connectivity index (χ3n) is 3.58. The van der Waals surface area contributed by atoms with Crippen molar-refractivity contribution in [3.8, 4) is 5.75 Å². The number of halogens is 1. The molecule has 2 nitrogen and oxygen atoms in total. The molecule has 0 aromatic heterocycles. The average Bonchev–Trinajstić information content (AvgIpc) is 2.47. The van der Waals surface area contributed by atoms with Crippen LogP contribution in [0, 0.1) is 12.7 Å². The molecule has 0 saturated carbocycles. The maximum Gasteiger partial charge on any atom is 0.168 e. The van der Waals surface area contributed by atoms with Crippen LogP contribution >= 0.6 is 0 Å². The lowest BCUT2D eigenvalue weighted by molar-refractivity contribution is 0.263. The number of hydrogen-bond acceptors (Lipinski definition) is 2. The normalized spacial score (nSPS) is 12.2. The molecule has 3 heteroatoms. The first-order chi connectivity index (χ1) is 9.67. The van der Waals surface area contributed by atoms with Gasteiger partial charge in [0.15, 0.2) is 11.6 Å². The van der Waals surface area contributed by atoms with Crippen molar-refractivity contribution in [1.82, 2.24) is 0 Å². The number of ether oxygens (including phenoxy) is 1. The molecule has 0 bridgehead atoms. The Balaban J connectivity index is 2.30. The number of methoxy groups -OCH3 is 1. The summed E-state index contributed by atoms with van der Waals surface area (Å²) in [6.45, 7) is 1.99. The Morgan fingerprint density at radius 1 is 1.15 bits per heavy atom. The van der Waals surface area contributed by atoms with Gasteiger partial charge in [-0.2, -0.15) is 0 Å². The van der Waals surface area contributed by atoms with Gasteiger partial charge in [0, 0.05) is 5.92 Å². The highest BCUT2D eigenvalue weighted by Gasteiger charge is 2.17. The Morgan fingerprint density at radius 2 is 1.90 bits per heavy atom. The first-order valence-corrected chi connectivity index (χ1v) is 6.65. The molecule has 0 aliphatic heterocycles. The molecule has 1 N–H and O–H groups in total. The van der Waals surface area contributed by atoms with Crippen molar-refractivity contribution in [2.75, 3.05) is 13.7 Å². The van der Waals surface area contributed by atoms with Crippen LogP contribution in [0.4, 0.5) is 4.39 Å². The molecule has 2 aromatic rings. The van der Waals surface area contributed by atoms with E-state index in [2.05, 4.69) is 0 Å². The van der Waals surface area contributed by atoms with Crippen LogP contribution in [0.15, 0.2) is 42.5 Å². The van der Waals surface area contributed by atoms with Gasteiger partial charge in [-0.1, -0.05) is 36.4 Å². The molecule has 20 heavy (non-hydrogen) atoms. The molecule has 0 spiro atoms. The van der Waals surface area contributed by atoms with E-state index in [1.165, 1.54) is 7.11 Å². The molecular weight excluding hydrogens is 255 g/mol. The largest absolute Gasteiger partial charge is 0.494 e. The predicted octanol–water partition coefficient (Wildman–Crippen LogP) is 3.46. The fraction of sp³-hybridized carbons (Fsp3) is 0.294. The van der Waals surface area contributed by atoms with E-state index in [4.69, 9.17) is 4.74 Å². The van der Waals surface area contributed by atoms with E-state index in [0.29, 0.717) is 12.0 Å². The topological polar surface area (TPSA) is 29.5 Å². The van der Waals surface area contributed by atoms with Crippen molar-refractivity contribution in [3.63, 3.8) is 0 Å². The number of hydrogen-bond donors (Lipinski definition) is 1. The van der Waals surface area contributed by atoms with E-state index in [0.717, 1.165) is 11.1 Å². The molecule has 0 saturated heterocycles. The van der Waals surface area contributed by atoms with Crippen molar-refractivity contribution < 1.29 is 14.2 Å². The number of rotatable bonds is 5. The van der Waals surface area contributed by atoms with Crippen LogP contribution < -0.4 is 4.74 Å². The molecule has 2 rings (SSSR count). The van der Waals surface area contributed by atoms with Gasteiger partial charge in [-0.05, 0) is 36.1 Å². The number of aryl methyl sites for hydroxylation is 1. The molecule has 0 heterocycles. The van der Waals surface area contributed by atoms with Crippen molar-refractivity contribution in [3.05, 3.63) is 65.0 Å². The van der Waals surface area contributed by atoms with Crippen LogP contribution in [0.1, 0.15) is 22.6 Å². The second kappa shape index (κ2) is 6.53. The number of benzene rings is 2. The van der Waals surface area contributed by atoms with Gasteiger partial charge in [-0.3, -0.25) is 0 Å². The van der Waals surface area contributed by atoms with Gasteiger partial charge in [-0.25, -0.2) is 4.39 Å². The zero-order chi connectivity index (χ0) is 14.5. The lowest BCUT2D eigenvalue weighted by Crippen LogP contribution is -2.10. The van der Waals surface area contributed by atoms with E-state index in [1.54, 1.807) is 18.2 Å². The Kier molecular flexibility index (Phi) is 4.74. The SMILES string of the molecule is COc1cccc(CC(CO)c2ccccc2C)c1F. The third-order valence-corrected chi connectivity index (χ3v) is 3.58. The summed E-state index contributed by atoms with van der Waals surface area (Å²) in [4.78, 5) is 0. The predicted molar refractivity (Wildman–Crippen MR) is 77.7 cm³/mol. The summed E-state index contributed by atoms with van der Waals surface area (Å²) in [5.74, 6) is -0.219. The fourth-order valence-electron chi connectivity index (χ4n) is 2.45. The molecular formula is C17H19FO2. The minimum absolute atomic E-state index is 0.0124. The van der Waals surface area contributed by atoms with Gasteiger partial charge >= 0.3 is 0 Å². The van der Waals surface area contributed by atoms with Crippen LogP contribution in [0.3, 0.4) is 0 Å². The smallest absolute Gasteiger partial charge is 0.168 e. The van der Waals surface area contributed by atoms with Crippen molar-refractivity contribution in [2.45, 2.75) is 19.3 Å². The van der Waals surface area contributed by atoms with E-state index in [1.807, 2.05) is 31.2 Å². The van der Waals surface area contributed by atoms with E-state index < -0.39 is 0 Å². The first-order valence-electron chi connectivity index (χ1n) is 6.65. The van der Waals surface area contributed by atoms with Crippen LogP contribution in [-0.2, 0) is 6.42 Å². The highest BCUT2D eigenvalue weighted by Crippen LogP contribution is 2.27. The Morgan fingerprint density at radius 3 is 2.55 bits per heavy atom. The second-order valence-electron chi connectivity index (χ2n) is 4.87. The summed E-state index contributed by atoms with van der Waals surface area (Å²) in [6.07, 6.45) is 0.449. The summed E-state index contributed by atoms with van der Waals surface area (Å²) < 4.78 is 19.2. The standard InChI is InChI=1S/C17H19FO2/c1-12-6-3-4-8-15(12)14(11-19)10-13-7-5-9-16(20-2)17(13)18/h3-9,14,19H,10-11H2,1-2H3. The summed E-state index contributed by atoms with van der Waals surface area (Å²) in [5.41, 5.74) is 2.72. The quantitative estimate of drug-likeness (QED) is 0.904. The highest BCUT2D eigenvalue weighted by atomic mass is 19.1. The zero-order valence-electron chi connectivity index (χ0n) is 11.8. The summed E-state index contributed by atoms with van der Waals surface area (Å²) in [7, 11) is 1.45. The van der Waals surface area contributed by atoms with Gasteiger partial charge in [0.05, 0.1) is 13.7 Å². The van der Waals surface area contributed by atoms with E-state index in [9.17, 15) is 9.50 Å². The van der Waals surface area contributed by atoms with Gasteiger partial charge in [0.25, 0.3) is 0 Å². The molecule has 0 aliphatic carbocycles. The average molecular weight is 274 g/mol. The van der Waals surface area contributed by atoms with E-state index in [-0.39, 0.29) is 24.1 Å². The maximum absolute atomic E-state index is 14.2. The zero-order valence-corrected chi connectivity index (χ0v) is 11.8. The van der Waals surface area contributed by atoms with Gasteiger partial charge in [-0.15, -0.1) is 0 Å². The molecule has 0 aliphatic rings. The van der Waals surface area contributed by atoms with Gasteiger partial charge < -0.3 is 9.84 Å². The summed E-state index contributed by atoms with van der Waals surface area (Å²) in [5, 5.41) is 9.63. The lowest BCUT2D eigenvalue weighted by atomic mass is 9.89. The molecule has 2 aromatic carbocycles. The van der Waals surface area contributed by atoms with Crippen LogP contribution in [0.5, 0.6) is 5.75 Å². The van der Waals surface area contributed by atoms with Crippen LogP contribution in [0.2, 0.25) is 0 Å². The van der Waals surface area contributed by atoms with Gasteiger partial charge in [0.1, 0.15) is 0 Å². The van der Waals surface area contributed by atoms with Crippen molar-refractivity contribution in [2.24, 2.45) is 0 Å². The molecule has 0 fully saturated rings. The minimum atomic E-state index is -0.345. The second-order valence-corrected chi connectivity index (χ2v) is 4.87. The highest BCUT2D eigenvalue weighted by molar-refractivity contribution is 5.35. The maximum atomic E-state index is 14.2. The van der Waals surface area contributed by atoms with Crippen molar-refractivity contribution in [1.29, 1.82) is 0 Å². The third kappa shape index (κ3) is 2.99. The first kappa shape index (κ1) is 14.5. The monoisotopic (exact) mass is 274 g/mol. The van der Waals surface area contributed by atoms with E-state index >= 15 is 0 Å². The number of aliphatic hydroxyl groups is 1. The molecule has 1 unspecified atom stereocenters. The Bertz CT molecular complexity index is 581. The van der Waals surface area contributed by atoms with Crippen molar-refractivity contribution >= 4 is 0 Å². The summed E-state index contributed by atoms with van der Waals surface area (Å²) in [6, 6.07) is 13.0. The lowest BCUT2D eigenvalue weighted by Gasteiger charge is -2.18. The van der Waals surface area contributed by atoms with Crippen LogP contribution in [0.25, 0.3) is 0 Å². The molecule has 0 amide bonds. The fourth-order valence-corrected chi connectivity index (χ4v) is 2.45. The summed E-state index contributed by atoms with van der Waals surface area (Å²) >= 11 is 0. The molecule has 106 valence electrons. The minimum Gasteiger partial charge on any atom is -0.494 e. The Labute approximate surface area is 118 Å². The Hall–Kier alpha value is -1.87. The van der Waals surface area contributed by atoms with Crippen LogP contribution in [-0.4, -0.2) is 18.8 Å².